The number of carbonyl (C=O) groups excluding carboxylic acids is 2. The van der Waals surface area contributed by atoms with Crippen LogP contribution in [-0.2, 0) is 11.3 Å². The number of ether oxygens (including phenoxy) is 1. The Morgan fingerprint density at radius 1 is 1.24 bits per heavy atom. The number of halogens is 3. The molecule has 33 heavy (non-hydrogen) atoms. The molecule has 0 radical (unpaired) electrons. The summed E-state index contributed by atoms with van der Waals surface area (Å²) in [5, 5.41) is 4.89. The molecule has 176 valence electrons. The van der Waals surface area contributed by atoms with Crippen LogP contribution in [0, 0.1) is 0 Å². The number of hydrogen-bond donors (Lipinski definition) is 1. The number of nitrogens with zero attached hydrogens (tertiary/aromatic N) is 3. The van der Waals surface area contributed by atoms with Crippen molar-refractivity contribution in [1.29, 1.82) is 0 Å². The van der Waals surface area contributed by atoms with Crippen molar-refractivity contribution in [2.75, 3.05) is 13.6 Å². The fraction of sp³-hybridized carbons (Fsp3) is 0.273. The van der Waals surface area contributed by atoms with Crippen LogP contribution < -0.4 is 14.9 Å². The van der Waals surface area contributed by atoms with Crippen molar-refractivity contribution in [3.63, 3.8) is 0 Å². The number of hydrogen-bond acceptors (Lipinski definition) is 6. The van der Waals surface area contributed by atoms with Crippen molar-refractivity contribution in [2.24, 2.45) is 4.99 Å². The molecule has 0 aliphatic carbocycles. The Labute approximate surface area is 192 Å². The van der Waals surface area contributed by atoms with Gasteiger partial charge in [0, 0.05) is 18.1 Å². The average molecular weight is 481 g/mol. The molecule has 0 bridgehead atoms. The van der Waals surface area contributed by atoms with Gasteiger partial charge in [-0.25, -0.2) is 0 Å². The van der Waals surface area contributed by atoms with Crippen molar-refractivity contribution in [3.05, 3.63) is 64.5 Å². The van der Waals surface area contributed by atoms with Crippen molar-refractivity contribution < 1.29 is 27.5 Å². The van der Waals surface area contributed by atoms with Gasteiger partial charge in [-0.05, 0) is 68.9 Å². The van der Waals surface area contributed by atoms with Crippen LogP contribution in [0.3, 0.4) is 0 Å². The van der Waals surface area contributed by atoms with Gasteiger partial charge in [0.15, 0.2) is 4.80 Å². The predicted octanol–water partition coefficient (Wildman–Crippen LogP) is 4.07. The molecule has 0 aliphatic heterocycles. The number of pyridine rings is 1. The zero-order chi connectivity index (χ0) is 24.3. The number of benzene rings is 1. The lowest BCUT2D eigenvalue weighted by atomic mass is 10.1. The molecule has 0 saturated carbocycles. The van der Waals surface area contributed by atoms with Crippen LogP contribution in [0.5, 0.6) is 5.75 Å². The Morgan fingerprint density at radius 2 is 1.94 bits per heavy atom. The van der Waals surface area contributed by atoms with Gasteiger partial charge in [-0.3, -0.25) is 9.78 Å². The van der Waals surface area contributed by atoms with Crippen LogP contribution in [0.2, 0.25) is 0 Å². The highest BCUT2D eigenvalue weighted by molar-refractivity contribution is 7.07. The number of thiazole rings is 1. The Morgan fingerprint density at radius 3 is 2.52 bits per heavy atom. The van der Waals surface area contributed by atoms with Gasteiger partial charge in [-0.1, -0.05) is 6.07 Å². The summed E-state index contributed by atoms with van der Waals surface area (Å²) >= 11 is 1.28. The molecule has 3 aromatic rings. The first-order valence-electron chi connectivity index (χ1n) is 9.88. The summed E-state index contributed by atoms with van der Waals surface area (Å²) in [7, 11) is 1.84. The second-order valence-electron chi connectivity index (χ2n) is 6.45. The average Bonchev–Trinajstić information content (AvgIpc) is 3.17. The van der Waals surface area contributed by atoms with E-state index in [0.717, 1.165) is 24.9 Å². The molecule has 0 spiro atoms. The maximum absolute atomic E-state index is 12.4. The molecule has 0 atom stereocenters. The van der Waals surface area contributed by atoms with E-state index in [2.05, 4.69) is 20.0 Å². The van der Waals surface area contributed by atoms with Gasteiger partial charge in [-0.15, -0.1) is 24.5 Å². The number of alkyl halides is 3. The molecule has 0 saturated heterocycles. The quantitative estimate of drug-likeness (QED) is 0.407. The van der Waals surface area contributed by atoms with Crippen molar-refractivity contribution in [1.82, 2.24) is 14.9 Å². The molecule has 3 rings (SSSR count). The number of amides is 1. The summed E-state index contributed by atoms with van der Waals surface area (Å²) in [6.45, 7) is 2.78. The highest BCUT2D eigenvalue weighted by Gasteiger charge is 2.31. The second kappa shape index (κ2) is 12.7. The maximum Gasteiger partial charge on any atom is 0.573 e. The fourth-order valence-corrected chi connectivity index (χ4v) is 3.67. The first-order valence-corrected chi connectivity index (χ1v) is 10.8. The molecule has 1 N–H and O–H groups in total. The minimum atomic E-state index is -4.74. The van der Waals surface area contributed by atoms with Gasteiger partial charge in [-0.2, -0.15) is 4.99 Å². The number of rotatable bonds is 7. The van der Waals surface area contributed by atoms with Gasteiger partial charge in [0.1, 0.15) is 17.7 Å². The minimum Gasteiger partial charge on any atom is -0.406 e. The summed E-state index contributed by atoms with van der Waals surface area (Å²) in [6, 6.07) is 10.6. The largest absolute Gasteiger partial charge is 0.573 e. The predicted molar refractivity (Wildman–Crippen MR) is 119 cm³/mol. The van der Waals surface area contributed by atoms with Crippen LogP contribution in [0.15, 0.2) is 59.0 Å². The number of aldehydes is 1. The van der Waals surface area contributed by atoms with E-state index in [0.29, 0.717) is 16.9 Å². The number of carbonyl (C=O) groups is 2. The molecule has 7 nitrogen and oxygen atoms in total. The summed E-state index contributed by atoms with van der Waals surface area (Å²) in [5.74, 6) is -0.751. The molecule has 2 heterocycles. The summed E-state index contributed by atoms with van der Waals surface area (Å²) < 4.78 is 43.0. The van der Waals surface area contributed by atoms with E-state index in [-0.39, 0.29) is 11.4 Å². The summed E-state index contributed by atoms with van der Waals surface area (Å²) in [6.07, 6.45) is -1.69. The lowest BCUT2D eigenvalue weighted by Gasteiger charge is -2.11. The Kier molecular flexibility index (Phi) is 9.95. The first-order chi connectivity index (χ1) is 15.8. The van der Waals surface area contributed by atoms with E-state index >= 15 is 0 Å². The van der Waals surface area contributed by atoms with Gasteiger partial charge in [0.05, 0.1) is 5.69 Å². The SMILES string of the molecule is CC=O.CNCCCn1c(-c2ccc(OC(F)(F)F)cc2)csc1=NC(=O)c1ccccn1. The lowest BCUT2D eigenvalue weighted by molar-refractivity contribution is -0.274. The van der Waals surface area contributed by atoms with Crippen LogP contribution >= 0.6 is 11.3 Å². The van der Waals surface area contributed by atoms with Crippen molar-refractivity contribution >= 4 is 23.5 Å². The molecule has 2 aromatic heterocycles. The molecule has 1 aromatic carbocycles. The maximum atomic E-state index is 12.4. The van der Waals surface area contributed by atoms with E-state index in [1.165, 1.54) is 36.6 Å². The van der Waals surface area contributed by atoms with Gasteiger partial charge in [0.2, 0.25) is 0 Å². The highest BCUT2D eigenvalue weighted by Crippen LogP contribution is 2.27. The van der Waals surface area contributed by atoms with Crippen LogP contribution in [0.1, 0.15) is 23.8 Å². The molecule has 11 heteroatoms. The van der Waals surface area contributed by atoms with E-state index in [1.54, 1.807) is 30.3 Å². The normalized spacial score (nSPS) is 11.5. The smallest absolute Gasteiger partial charge is 0.406 e. The third kappa shape index (κ3) is 8.28. The Hall–Kier alpha value is -3.31. The van der Waals surface area contributed by atoms with Crippen molar-refractivity contribution in [2.45, 2.75) is 26.3 Å². The standard InChI is InChI=1S/C20H19F3N4O2S.C2H4O/c1-24-10-4-12-27-17(14-6-8-15(9-7-14)29-20(21,22)23)13-30-19(27)26-18(28)16-5-2-3-11-25-16;1-2-3/h2-3,5-9,11,13,24H,4,10,12H2,1H3;2H,1H3. The van der Waals surface area contributed by atoms with Gasteiger partial charge in [0.25, 0.3) is 5.91 Å². The molecule has 0 unspecified atom stereocenters. The van der Waals surface area contributed by atoms with Gasteiger partial charge < -0.3 is 19.4 Å². The molecular weight excluding hydrogens is 457 g/mol. The molecular formula is C22H23F3N4O3S. The zero-order valence-electron chi connectivity index (χ0n) is 18.0. The fourth-order valence-electron chi connectivity index (χ4n) is 2.74. The van der Waals surface area contributed by atoms with Gasteiger partial charge >= 0.3 is 6.36 Å². The molecule has 0 fully saturated rings. The number of nitrogens with one attached hydrogen (secondary N) is 1. The molecule has 1 amide bonds. The van der Waals surface area contributed by atoms with E-state index < -0.39 is 12.3 Å². The second-order valence-corrected chi connectivity index (χ2v) is 7.29. The Balaban J connectivity index is 0.00000122. The van der Waals surface area contributed by atoms with Crippen LogP contribution in [-0.4, -0.2) is 41.7 Å². The van der Waals surface area contributed by atoms with Crippen LogP contribution in [0.25, 0.3) is 11.3 Å². The monoisotopic (exact) mass is 480 g/mol. The van der Waals surface area contributed by atoms with Crippen LogP contribution in [0.4, 0.5) is 13.2 Å². The van der Waals surface area contributed by atoms with E-state index in [4.69, 9.17) is 4.79 Å². The number of aromatic nitrogens is 2. The summed E-state index contributed by atoms with van der Waals surface area (Å²) in [5.41, 5.74) is 1.68. The third-order valence-electron chi connectivity index (χ3n) is 4.07. The summed E-state index contributed by atoms with van der Waals surface area (Å²) in [4.78, 5) is 30.0. The third-order valence-corrected chi connectivity index (χ3v) is 4.93. The van der Waals surface area contributed by atoms with E-state index in [9.17, 15) is 18.0 Å². The highest BCUT2D eigenvalue weighted by atomic mass is 32.1. The van der Waals surface area contributed by atoms with E-state index in [1.807, 2.05) is 17.0 Å². The molecule has 0 aliphatic rings. The lowest BCUT2D eigenvalue weighted by Crippen LogP contribution is -2.21. The Bertz CT molecular complexity index is 1090. The van der Waals surface area contributed by atoms with Crippen molar-refractivity contribution in [3.8, 4) is 17.0 Å². The minimum absolute atomic E-state index is 0.239. The first kappa shape index (κ1) is 25.9. The zero-order valence-corrected chi connectivity index (χ0v) is 18.8. The topological polar surface area (TPSA) is 85.6 Å².